The van der Waals surface area contributed by atoms with Crippen molar-refractivity contribution in [3.63, 3.8) is 0 Å². The zero-order valence-electron chi connectivity index (χ0n) is 9.85. The normalized spacial score (nSPS) is 20.5. The molecular weight excluding hydrogens is 226 g/mol. The number of hydrogen-bond acceptors (Lipinski definition) is 4. The number of ether oxygens (including phenoxy) is 1. The quantitative estimate of drug-likeness (QED) is 0.588. The summed E-state index contributed by atoms with van der Waals surface area (Å²) in [6.45, 7) is 0.810. The van der Waals surface area contributed by atoms with Crippen LogP contribution in [0.25, 0.3) is 0 Å². The lowest BCUT2D eigenvalue weighted by atomic mass is 9.94. The molecule has 1 N–H and O–H groups in total. The van der Waals surface area contributed by atoms with E-state index in [9.17, 15) is 14.4 Å². The highest BCUT2D eigenvalue weighted by atomic mass is 16.5. The van der Waals surface area contributed by atoms with E-state index < -0.39 is 12.1 Å². The van der Waals surface area contributed by atoms with Crippen LogP contribution in [0.4, 0.5) is 4.79 Å². The Balaban J connectivity index is 2.48. The predicted molar refractivity (Wildman–Crippen MR) is 58.6 cm³/mol. The number of hydrogen-bond donors (Lipinski definition) is 1. The topological polar surface area (TPSA) is 83.9 Å². The summed E-state index contributed by atoms with van der Waals surface area (Å²) < 4.78 is 4.44. The van der Waals surface area contributed by atoms with E-state index in [0.717, 1.165) is 0 Å². The number of amides is 1. The number of carbonyl (C=O) groups is 3. The van der Waals surface area contributed by atoms with E-state index in [4.69, 9.17) is 5.11 Å². The largest absolute Gasteiger partial charge is 0.469 e. The van der Waals surface area contributed by atoms with Crippen molar-refractivity contribution < 1.29 is 24.2 Å². The molecule has 1 aliphatic heterocycles. The first kappa shape index (κ1) is 13.5. The summed E-state index contributed by atoms with van der Waals surface area (Å²) in [5.41, 5.74) is 0. The number of esters is 1. The summed E-state index contributed by atoms with van der Waals surface area (Å²) in [4.78, 5) is 34.8. The van der Waals surface area contributed by atoms with Gasteiger partial charge >= 0.3 is 12.1 Å². The van der Waals surface area contributed by atoms with Crippen LogP contribution in [-0.4, -0.2) is 48.1 Å². The van der Waals surface area contributed by atoms with Gasteiger partial charge in [-0.3, -0.25) is 9.59 Å². The van der Waals surface area contributed by atoms with Crippen molar-refractivity contribution in [3.8, 4) is 0 Å². The number of rotatable bonds is 3. The Bertz CT molecular complexity index is 315. The first-order valence-electron chi connectivity index (χ1n) is 5.62. The molecule has 0 aromatic rings. The van der Waals surface area contributed by atoms with Gasteiger partial charge in [-0.15, -0.1) is 0 Å². The third-order valence-corrected chi connectivity index (χ3v) is 3.00. The van der Waals surface area contributed by atoms with Crippen LogP contribution in [0.1, 0.15) is 25.7 Å². The van der Waals surface area contributed by atoms with Crippen molar-refractivity contribution in [2.45, 2.75) is 25.7 Å². The van der Waals surface area contributed by atoms with Crippen LogP contribution in [0.5, 0.6) is 0 Å². The molecule has 0 saturated carbocycles. The standard InChI is InChI=1S/C11H17NO5/c1-17-10(14)7-9(13)8-3-2-5-12(6-4-8)11(15)16/h8H,2-7H2,1H3,(H,15,16). The SMILES string of the molecule is COC(=O)CC(=O)C1CCCN(C(=O)O)CC1. The molecule has 6 nitrogen and oxygen atoms in total. The lowest BCUT2D eigenvalue weighted by Gasteiger charge is -2.15. The first-order chi connectivity index (χ1) is 8.04. The van der Waals surface area contributed by atoms with E-state index in [1.807, 2.05) is 0 Å². The zero-order chi connectivity index (χ0) is 12.8. The monoisotopic (exact) mass is 243 g/mol. The average molecular weight is 243 g/mol. The number of carbonyl (C=O) groups excluding carboxylic acids is 2. The summed E-state index contributed by atoms with van der Waals surface area (Å²) in [5.74, 6) is -0.906. The second kappa shape index (κ2) is 6.22. The molecule has 0 aliphatic carbocycles. The van der Waals surface area contributed by atoms with Crippen LogP contribution in [0.15, 0.2) is 0 Å². The molecule has 17 heavy (non-hydrogen) atoms. The van der Waals surface area contributed by atoms with Gasteiger partial charge in [0.05, 0.1) is 7.11 Å². The van der Waals surface area contributed by atoms with E-state index in [2.05, 4.69) is 4.74 Å². The van der Waals surface area contributed by atoms with Crippen LogP contribution in [-0.2, 0) is 14.3 Å². The second-order valence-corrected chi connectivity index (χ2v) is 4.12. The van der Waals surface area contributed by atoms with Gasteiger partial charge in [0.1, 0.15) is 12.2 Å². The van der Waals surface area contributed by atoms with Crippen LogP contribution in [0.3, 0.4) is 0 Å². The van der Waals surface area contributed by atoms with Gasteiger partial charge in [-0.2, -0.15) is 0 Å². The molecule has 1 amide bonds. The molecular formula is C11H17NO5. The van der Waals surface area contributed by atoms with Gasteiger partial charge in [0.25, 0.3) is 0 Å². The van der Waals surface area contributed by atoms with Crippen molar-refractivity contribution in [2.24, 2.45) is 5.92 Å². The van der Waals surface area contributed by atoms with Crippen molar-refractivity contribution in [2.75, 3.05) is 20.2 Å². The Morgan fingerprint density at radius 1 is 1.29 bits per heavy atom. The molecule has 0 radical (unpaired) electrons. The van der Waals surface area contributed by atoms with Gasteiger partial charge in [0, 0.05) is 19.0 Å². The van der Waals surface area contributed by atoms with Gasteiger partial charge in [-0.05, 0) is 19.3 Å². The number of Topliss-reactive ketones (excluding diaryl/α,β-unsaturated/α-hetero) is 1. The number of methoxy groups -OCH3 is 1. The summed E-state index contributed by atoms with van der Waals surface area (Å²) >= 11 is 0. The van der Waals surface area contributed by atoms with Crippen molar-refractivity contribution in [3.05, 3.63) is 0 Å². The molecule has 1 atom stereocenters. The smallest absolute Gasteiger partial charge is 0.407 e. The highest BCUT2D eigenvalue weighted by Crippen LogP contribution is 2.19. The average Bonchev–Trinajstić information content (AvgIpc) is 2.54. The molecule has 6 heteroatoms. The van der Waals surface area contributed by atoms with E-state index in [-0.39, 0.29) is 18.1 Å². The summed E-state index contributed by atoms with van der Waals surface area (Å²) in [6.07, 6.45) is 0.617. The molecule has 1 unspecified atom stereocenters. The van der Waals surface area contributed by atoms with Crippen LogP contribution >= 0.6 is 0 Å². The number of likely N-dealkylation sites (tertiary alicyclic amines) is 1. The van der Waals surface area contributed by atoms with E-state index in [1.165, 1.54) is 12.0 Å². The van der Waals surface area contributed by atoms with E-state index in [1.54, 1.807) is 0 Å². The maximum Gasteiger partial charge on any atom is 0.407 e. The van der Waals surface area contributed by atoms with Crippen molar-refractivity contribution >= 4 is 17.8 Å². The minimum Gasteiger partial charge on any atom is -0.469 e. The molecule has 1 saturated heterocycles. The Morgan fingerprint density at radius 3 is 2.59 bits per heavy atom. The fourth-order valence-corrected chi connectivity index (χ4v) is 1.97. The summed E-state index contributed by atoms with van der Waals surface area (Å²) in [5, 5.41) is 8.84. The summed E-state index contributed by atoms with van der Waals surface area (Å²) in [6, 6.07) is 0. The lowest BCUT2D eigenvalue weighted by Crippen LogP contribution is -2.30. The summed E-state index contributed by atoms with van der Waals surface area (Å²) in [7, 11) is 1.24. The third kappa shape index (κ3) is 4.05. The minimum absolute atomic E-state index is 0.149. The molecule has 0 spiro atoms. The Morgan fingerprint density at radius 2 is 2.00 bits per heavy atom. The van der Waals surface area contributed by atoms with Crippen molar-refractivity contribution in [1.29, 1.82) is 0 Å². The predicted octanol–water partition coefficient (Wildman–Crippen LogP) is 0.899. The second-order valence-electron chi connectivity index (χ2n) is 4.12. The van der Waals surface area contributed by atoms with E-state index >= 15 is 0 Å². The highest BCUT2D eigenvalue weighted by Gasteiger charge is 2.26. The van der Waals surface area contributed by atoms with Crippen LogP contribution < -0.4 is 0 Å². The first-order valence-corrected chi connectivity index (χ1v) is 5.62. The zero-order valence-corrected chi connectivity index (χ0v) is 9.85. The number of nitrogens with zero attached hydrogens (tertiary/aromatic N) is 1. The van der Waals surface area contributed by atoms with Crippen LogP contribution in [0.2, 0.25) is 0 Å². The fourth-order valence-electron chi connectivity index (χ4n) is 1.97. The van der Waals surface area contributed by atoms with Gasteiger partial charge < -0.3 is 14.7 Å². The van der Waals surface area contributed by atoms with Gasteiger partial charge in [-0.1, -0.05) is 0 Å². The van der Waals surface area contributed by atoms with Gasteiger partial charge in [0.15, 0.2) is 0 Å². The van der Waals surface area contributed by atoms with Gasteiger partial charge in [-0.25, -0.2) is 4.79 Å². The number of carboxylic acid groups (broad SMARTS) is 1. The Kier molecular flexibility index (Phi) is 4.93. The highest BCUT2D eigenvalue weighted by molar-refractivity contribution is 5.96. The molecule has 1 fully saturated rings. The fraction of sp³-hybridized carbons (Fsp3) is 0.727. The molecule has 0 bridgehead atoms. The van der Waals surface area contributed by atoms with E-state index in [0.29, 0.717) is 32.4 Å². The van der Waals surface area contributed by atoms with Gasteiger partial charge in [0.2, 0.25) is 0 Å². The maximum absolute atomic E-state index is 11.7. The Hall–Kier alpha value is -1.59. The molecule has 1 rings (SSSR count). The number of ketones is 1. The maximum atomic E-state index is 11.7. The Labute approximate surface area is 99.5 Å². The third-order valence-electron chi connectivity index (χ3n) is 3.00. The molecule has 0 aromatic carbocycles. The minimum atomic E-state index is -0.953. The van der Waals surface area contributed by atoms with Crippen LogP contribution in [0, 0.1) is 5.92 Å². The molecule has 0 aromatic heterocycles. The molecule has 1 heterocycles. The molecule has 96 valence electrons. The lowest BCUT2D eigenvalue weighted by molar-refractivity contribution is -0.144. The van der Waals surface area contributed by atoms with Crippen molar-refractivity contribution in [1.82, 2.24) is 4.90 Å². The molecule has 1 aliphatic rings.